The Morgan fingerprint density at radius 2 is 1.90 bits per heavy atom. The number of nitrogens with two attached hydrogens (primary N) is 1. The Hall–Kier alpha value is 0.0800. The first-order valence-corrected chi connectivity index (χ1v) is 4.07. The van der Waals surface area contributed by atoms with Crippen molar-refractivity contribution in [1.29, 1.82) is 0 Å². The van der Waals surface area contributed by atoms with Crippen LogP contribution in [0.25, 0.3) is 0 Å². The molecule has 0 saturated heterocycles. The van der Waals surface area contributed by atoms with E-state index in [1.165, 1.54) is 0 Å². The van der Waals surface area contributed by atoms with Crippen LogP contribution in [0.15, 0.2) is 16.6 Å². The van der Waals surface area contributed by atoms with E-state index in [1.807, 2.05) is 0 Å². The van der Waals surface area contributed by atoms with Gasteiger partial charge in [0.05, 0.1) is 15.7 Å². The van der Waals surface area contributed by atoms with Crippen LogP contribution in [0.4, 0.5) is 5.69 Å². The van der Waals surface area contributed by atoms with E-state index in [4.69, 9.17) is 28.9 Å². The maximum absolute atomic E-state index is 5.73. The molecule has 1 nitrogen and oxygen atoms in total. The minimum atomic E-state index is 0.415. The Morgan fingerprint density at radius 3 is 2.40 bits per heavy atom. The van der Waals surface area contributed by atoms with Crippen molar-refractivity contribution in [3.05, 3.63) is 26.7 Å². The number of rotatable bonds is 0. The van der Waals surface area contributed by atoms with Gasteiger partial charge in [0.25, 0.3) is 0 Å². The van der Waals surface area contributed by atoms with Crippen molar-refractivity contribution in [2.75, 3.05) is 5.73 Å². The molecule has 1 aromatic carbocycles. The number of halogens is 3. The zero-order chi connectivity index (χ0) is 7.72. The molecule has 2 N–H and O–H groups in total. The summed E-state index contributed by atoms with van der Waals surface area (Å²) in [5, 5.41) is 0.945. The van der Waals surface area contributed by atoms with E-state index in [-0.39, 0.29) is 0 Å². The molecular formula is C6H4BrCl2N. The van der Waals surface area contributed by atoms with Crippen LogP contribution in [0.2, 0.25) is 10.0 Å². The van der Waals surface area contributed by atoms with Crippen LogP contribution in [0.1, 0.15) is 0 Å². The number of nitrogen functional groups attached to an aromatic ring is 1. The van der Waals surface area contributed by atoms with Gasteiger partial charge in [0.1, 0.15) is 0 Å². The van der Waals surface area contributed by atoms with Crippen molar-refractivity contribution in [2.45, 2.75) is 0 Å². The smallest absolute Gasteiger partial charge is 0.0792 e. The van der Waals surface area contributed by atoms with Gasteiger partial charge in [0.15, 0.2) is 0 Å². The maximum atomic E-state index is 5.73. The number of hydrogen-bond donors (Lipinski definition) is 1. The minimum absolute atomic E-state index is 0.415. The van der Waals surface area contributed by atoms with Gasteiger partial charge in [0.2, 0.25) is 0 Å². The highest BCUT2D eigenvalue weighted by Gasteiger charge is 2.03. The van der Waals surface area contributed by atoms with E-state index in [1.54, 1.807) is 12.1 Å². The summed E-state index contributed by atoms with van der Waals surface area (Å²) in [7, 11) is 0. The SMILES string of the molecule is Nc1c(Cl)ccc(Br)c1Cl. The predicted octanol–water partition coefficient (Wildman–Crippen LogP) is 3.34. The lowest BCUT2D eigenvalue weighted by molar-refractivity contribution is 1.63. The second kappa shape index (κ2) is 2.99. The highest BCUT2D eigenvalue weighted by Crippen LogP contribution is 2.33. The molecule has 10 heavy (non-hydrogen) atoms. The van der Waals surface area contributed by atoms with Gasteiger partial charge in [-0.25, -0.2) is 0 Å². The normalized spacial score (nSPS) is 9.90. The average molecular weight is 241 g/mol. The van der Waals surface area contributed by atoms with Gasteiger partial charge in [-0.3, -0.25) is 0 Å². The quantitative estimate of drug-likeness (QED) is 0.547. The summed E-state index contributed by atoms with van der Waals surface area (Å²) in [6.45, 7) is 0. The standard InChI is InChI=1S/C6H4BrCl2N/c7-3-1-2-4(8)6(10)5(3)9/h1-2H,10H2. The van der Waals surface area contributed by atoms with E-state index in [0.717, 1.165) is 4.47 Å². The predicted molar refractivity (Wildman–Crippen MR) is 48.6 cm³/mol. The van der Waals surface area contributed by atoms with E-state index >= 15 is 0 Å². The average Bonchev–Trinajstić information content (AvgIpc) is 1.93. The fraction of sp³-hybridized carbons (Fsp3) is 0. The molecule has 0 aliphatic heterocycles. The molecule has 0 bridgehead atoms. The molecule has 54 valence electrons. The molecule has 0 atom stereocenters. The Kier molecular flexibility index (Phi) is 2.45. The van der Waals surface area contributed by atoms with Crippen molar-refractivity contribution in [2.24, 2.45) is 0 Å². The Morgan fingerprint density at radius 1 is 1.30 bits per heavy atom. The molecule has 0 heterocycles. The zero-order valence-corrected chi connectivity index (χ0v) is 7.96. The minimum Gasteiger partial charge on any atom is -0.396 e. The van der Waals surface area contributed by atoms with Crippen LogP contribution in [0.3, 0.4) is 0 Å². The van der Waals surface area contributed by atoms with Crippen LogP contribution in [0.5, 0.6) is 0 Å². The second-order valence-corrected chi connectivity index (χ2v) is 3.40. The summed E-state index contributed by atoms with van der Waals surface area (Å²) in [6.07, 6.45) is 0. The zero-order valence-electron chi connectivity index (χ0n) is 4.87. The molecule has 4 heteroatoms. The second-order valence-electron chi connectivity index (χ2n) is 1.76. The highest BCUT2D eigenvalue weighted by molar-refractivity contribution is 9.10. The van der Waals surface area contributed by atoms with E-state index < -0.39 is 0 Å². The van der Waals surface area contributed by atoms with Gasteiger partial charge in [0, 0.05) is 4.47 Å². The van der Waals surface area contributed by atoms with Gasteiger partial charge < -0.3 is 5.73 Å². The molecular weight excluding hydrogens is 237 g/mol. The molecule has 1 rings (SSSR count). The summed E-state index contributed by atoms with van der Waals surface area (Å²) in [6, 6.07) is 3.44. The number of benzene rings is 1. The van der Waals surface area contributed by atoms with Crippen LogP contribution in [-0.4, -0.2) is 0 Å². The van der Waals surface area contributed by atoms with Crippen LogP contribution < -0.4 is 5.73 Å². The lowest BCUT2D eigenvalue weighted by Gasteiger charge is -2.01. The van der Waals surface area contributed by atoms with Crippen LogP contribution in [0, 0.1) is 0 Å². The molecule has 0 spiro atoms. The van der Waals surface area contributed by atoms with Crippen LogP contribution >= 0.6 is 39.1 Å². The Balaban J connectivity index is 3.34. The van der Waals surface area contributed by atoms with E-state index in [2.05, 4.69) is 15.9 Å². The van der Waals surface area contributed by atoms with Gasteiger partial charge in [-0.05, 0) is 28.1 Å². The van der Waals surface area contributed by atoms with Crippen molar-refractivity contribution in [3.8, 4) is 0 Å². The van der Waals surface area contributed by atoms with Crippen LogP contribution in [-0.2, 0) is 0 Å². The summed E-state index contributed by atoms with van der Waals surface area (Å²) >= 11 is 14.6. The first-order valence-electron chi connectivity index (χ1n) is 2.52. The Labute approximate surface area is 77.2 Å². The molecule has 0 amide bonds. The topological polar surface area (TPSA) is 26.0 Å². The first-order chi connectivity index (χ1) is 4.63. The summed E-state index contributed by atoms with van der Waals surface area (Å²) < 4.78 is 0.760. The van der Waals surface area contributed by atoms with Gasteiger partial charge >= 0.3 is 0 Å². The summed E-state index contributed by atoms with van der Waals surface area (Å²) in [4.78, 5) is 0. The largest absolute Gasteiger partial charge is 0.396 e. The third kappa shape index (κ3) is 1.39. The third-order valence-corrected chi connectivity index (χ3v) is 2.71. The number of hydrogen-bond acceptors (Lipinski definition) is 1. The molecule has 0 radical (unpaired) electrons. The molecule has 0 aliphatic carbocycles. The third-order valence-electron chi connectivity index (χ3n) is 1.08. The van der Waals surface area contributed by atoms with Gasteiger partial charge in [-0.2, -0.15) is 0 Å². The molecule has 0 saturated carbocycles. The molecule has 0 unspecified atom stereocenters. The lowest BCUT2D eigenvalue weighted by atomic mass is 10.3. The fourth-order valence-corrected chi connectivity index (χ4v) is 1.26. The molecule has 0 aliphatic rings. The van der Waals surface area contributed by atoms with Gasteiger partial charge in [-0.15, -0.1) is 0 Å². The molecule has 0 fully saturated rings. The highest BCUT2D eigenvalue weighted by atomic mass is 79.9. The Bertz CT molecular complexity index is 235. The van der Waals surface area contributed by atoms with E-state index in [9.17, 15) is 0 Å². The van der Waals surface area contributed by atoms with Crippen molar-refractivity contribution < 1.29 is 0 Å². The molecule has 1 aromatic rings. The number of anilines is 1. The molecule has 0 aromatic heterocycles. The summed E-state index contributed by atoms with van der Waals surface area (Å²) in [5.41, 5.74) is 5.90. The van der Waals surface area contributed by atoms with Crippen molar-refractivity contribution in [1.82, 2.24) is 0 Å². The monoisotopic (exact) mass is 239 g/mol. The van der Waals surface area contributed by atoms with E-state index in [0.29, 0.717) is 15.7 Å². The van der Waals surface area contributed by atoms with Gasteiger partial charge in [-0.1, -0.05) is 23.2 Å². The summed E-state index contributed by atoms with van der Waals surface area (Å²) in [5.74, 6) is 0. The van der Waals surface area contributed by atoms with Crippen molar-refractivity contribution >= 4 is 44.8 Å². The van der Waals surface area contributed by atoms with Crippen molar-refractivity contribution in [3.63, 3.8) is 0 Å². The first kappa shape index (κ1) is 8.18. The lowest BCUT2D eigenvalue weighted by Crippen LogP contribution is -1.87. The maximum Gasteiger partial charge on any atom is 0.0792 e. The fourth-order valence-electron chi connectivity index (χ4n) is 0.543.